The van der Waals surface area contributed by atoms with E-state index >= 15 is 0 Å². The van der Waals surface area contributed by atoms with Crippen LogP contribution in [0, 0.1) is 0 Å². The first kappa shape index (κ1) is 14.5. The first-order chi connectivity index (χ1) is 10.3. The van der Waals surface area contributed by atoms with Gasteiger partial charge < -0.3 is 14.4 Å². The van der Waals surface area contributed by atoms with Gasteiger partial charge >= 0.3 is 0 Å². The minimum Gasteiger partial charge on any atom is -0.481 e. The van der Waals surface area contributed by atoms with Crippen molar-refractivity contribution in [3.8, 4) is 5.88 Å². The molecule has 21 heavy (non-hydrogen) atoms. The second-order valence-electron chi connectivity index (χ2n) is 5.69. The van der Waals surface area contributed by atoms with Crippen molar-refractivity contribution in [2.75, 3.05) is 51.3 Å². The fourth-order valence-corrected chi connectivity index (χ4v) is 3.01. The van der Waals surface area contributed by atoms with Gasteiger partial charge in [0.15, 0.2) is 0 Å². The predicted molar refractivity (Wildman–Crippen MR) is 80.8 cm³/mol. The maximum Gasteiger partial charge on any atom is 0.218 e. The third-order valence-electron chi connectivity index (χ3n) is 4.27. The Kier molecular flexibility index (Phi) is 4.87. The summed E-state index contributed by atoms with van der Waals surface area (Å²) in [4.78, 5) is 13.2. The van der Waals surface area contributed by atoms with Gasteiger partial charge in [0.2, 0.25) is 5.88 Å². The van der Waals surface area contributed by atoms with E-state index in [2.05, 4.69) is 19.8 Å². The highest BCUT2D eigenvalue weighted by Crippen LogP contribution is 2.19. The minimum absolute atomic E-state index is 0.435. The Labute approximate surface area is 126 Å². The maximum absolute atomic E-state index is 5.83. The van der Waals surface area contributed by atoms with E-state index < -0.39 is 0 Å². The average Bonchev–Trinajstić information content (AvgIpc) is 2.56. The molecule has 2 aliphatic heterocycles. The molecule has 0 N–H and O–H groups in total. The highest BCUT2D eigenvalue weighted by Gasteiger charge is 2.22. The van der Waals surface area contributed by atoms with Crippen molar-refractivity contribution in [3.63, 3.8) is 0 Å². The van der Waals surface area contributed by atoms with Gasteiger partial charge in [0.25, 0.3) is 0 Å². The van der Waals surface area contributed by atoms with Gasteiger partial charge in [-0.1, -0.05) is 0 Å². The van der Waals surface area contributed by atoms with E-state index in [9.17, 15) is 0 Å². The molecule has 1 unspecified atom stereocenters. The van der Waals surface area contributed by atoms with Crippen LogP contribution >= 0.6 is 0 Å². The van der Waals surface area contributed by atoms with Crippen molar-refractivity contribution in [2.24, 2.45) is 0 Å². The van der Waals surface area contributed by atoms with E-state index in [0.717, 1.165) is 45.1 Å². The molecule has 116 valence electrons. The summed E-state index contributed by atoms with van der Waals surface area (Å²) in [5.41, 5.74) is 0. The largest absolute Gasteiger partial charge is 0.481 e. The monoisotopic (exact) mass is 292 g/mol. The fraction of sp³-hybridized carbons (Fsp3) is 0.733. The molecule has 3 heterocycles. The lowest BCUT2D eigenvalue weighted by atomic mass is 10.1. The lowest BCUT2D eigenvalue weighted by Crippen LogP contribution is -2.49. The zero-order chi connectivity index (χ0) is 14.5. The zero-order valence-electron chi connectivity index (χ0n) is 12.7. The standard InChI is InChI=1S/C15H24N4O2/c1-20-15-10-14(16-12-17-15)19-7-5-18(6-8-19)11-13-4-2-3-9-21-13/h10,12-13H,2-9,11H2,1H3. The van der Waals surface area contributed by atoms with Gasteiger partial charge in [-0.15, -0.1) is 0 Å². The van der Waals surface area contributed by atoms with E-state index in [-0.39, 0.29) is 0 Å². The number of anilines is 1. The molecule has 1 atom stereocenters. The molecule has 6 heteroatoms. The van der Waals surface area contributed by atoms with Gasteiger partial charge in [-0.05, 0) is 19.3 Å². The van der Waals surface area contributed by atoms with Crippen LogP contribution in [-0.4, -0.2) is 67.4 Å². The van der Waals surface area contributed by atoms with Gasteiger partial charge in [0, 0.05) is 45.4 Å². The van der Waals surface area contributed by atoms with Crippen molar-refractivity contribution in [3.05, 3.63) is 12.4 Å². The Balaban J connectivity index is 1.50. The Morgan fingerprint density at radius 3 is 2.81 bits per heavy atom. The molecule has 0 aromatic carbocycles. The van der Waals surface area contributed by atoms with E-state index in [1.165, 1.54) is 19.3 Å². The number of hydrogen-bond donors (Lipinski definition) is 0. The molecule has 3 rings (SSSR count). The third-order valence-corrected chi connectivity index (χ3v) is 4.27. The Morgan fingerprint density at radius 1 is 1.24 bits per heavy atom. The van der Waals surface area contributed by atoms with Crippen LogP contribution in [0.15, 0.2) is 12.4 Å². The third kappa shape index (κ3) is 3.83. The first-order valence-electron chi connectivity index (χ1n) is 7.80. The van der Waals surface area contributed by atoms with E-state index in [0.29, 0.717) is 12.0 Å². The normalized spacial score (nSPS) is 24.0. The molecule has 0 amide bonds. The van der Waals surface area contributed by atoms with Gasteiger partial charge in [0.05, 0.1) is 13.2 Å². The average molecular weight is 292 g/mol. The molecule has 2 saturated heterocycles. The van der Waals surface area contributed by atoms with Crippen LogP contribution in [0.1, 0.15) is 19.3 Å². The van der Waals surface area contributed by atoms with Crippen LogP contribution < -0.4 is 9.64 Å². The number of piperazine rings is 1. The number of hydrogen-bond acceptors (Lipinski definition) is 6. The number of methoxy groups -OCH3 is 1. The summed E-state index contributed by atoms with van der Waals surface area (Å²) in [6, 6.07) is 1.90. The highest BCUT2D eigenvalue weighted by atomic mass is 16.5. The molecule has 0 aliphatic carbocycles. The summed E-state index contributed by atoms with van der Waals surface area (Å²) in [6.07, 6.45) is 5.75. The highest BCUT2D eigenvalue weighted by molar-refractivity contribution is 5.41. The molecular weight excluding hydrogens is 268 g/mol. The lowest BCUT2D eigenvalue weighted by molar-refractivity contribution is -0.00646. The van der Waals surface area contributed by atoms with Crippen LogP contribution in [0.25, 0.3) is 0 Å². The number of ether oxygens (including phenoxy) is 2. The van der Waals surface area contributed by atoms with Gasteiger partial charge in [-0.2, -0.15) is 0 Å². The SMILES string of the molecule is COc1cc(N2CCN(CC3CCCCO3)CC2)ncn1. The second-order valence-corrected chi connectivity index (χ2v) is 5.69. The molecule has 2 fully saturated rings. The minimum atomic E-state index is 0.435. The zero-order valence-corrected chi connectivity index (χ0v) is 12.7. The summed E-state index contributed by atoms with van der Waals surface area (Å²) in [5, 5.41) is 0. The van der Waals surface area contributed by atoms with Crippen molar-refractivity contribution in [2.45, 2.75) is 25.4 Å². The Morgan fingerprint density at radius 2 is 2.10 bits per heavy atom. The van der Waals surface area contributed by atoms with Crippen molar-refractivity contribution in [1.82, 2.24) is 14.9 Å². The van der Waals surface area contributed by atoms with Crippen LogP contribution in [0.5, 0.6) is 5.88 Å². The summed E-state index contributed by atoms with van der Waals surface area (Å²) in [5.74, 6) is 1.58. The molecule has 2 aliphatic rings. The predicted octanol–water partition coefficient (Wildman–Crippen LogP) is 1.18. The van der Waals surface area contributed by atoms with Crippen LogP contribution in [0.3, 0.4) is 0 Å². The van der Waals surface area contributed by atoms with Crippen LogP contribution in [-0.2, 0) is 4.74 Å². The first-order valence-corrected chi connectivity index (χ1v) is 7.80. The van der Waals surface area contributed by atoms with E-state index in [1.54, 1.807) is 13.4 Å². The van der Waals surface area contributed by atoms with Gasteiger partial charge in [-0.25, -0.2) is 9.97 Å². The number of nitrogens with zero attached hydrogens (tertiary/aromatic N) is 4. The van der Waals surface area contributed by atoms with Gasteiger partial charge in [0.1, 0.15) is 12.1 Å². The smallest absolute Gasteiger partial charge is 0.218 e. The van der Waals surface area contributed by atoms with E-state index in [4.69, 9.17) is 9.47 Å². The van der Waals surface area contributed by atoms with Crippen LogP contribution in [0.4, 0.5) is 5.82 Å². The van der Waals surface area contributed by atoms with Crippen LogP contribution in [0.2, 0.25) is 0 Å². The van der Waals surface area contributed by atoms with Crippen molar-refractivity contribution < 1.29 is 9.47 Å². The summed E-state index contributed by atoms with van der Waals surface area (Å²) in [6.45, 7) is 6.12. The maximum atomic E-state index is 5.83. The molecule has 0 radical (unpaired) electrons. The molecule has 0 spiro atoms. The Bertz CT molecular complexity index is 443. The topological polar surface area (TPSA) is 50.7 Å². The lowest BCUT2D eigenvalue weighted by Gasteiger charge is -2.37. The summed E-state index contributed by atoms with van der Waals surface area (Å²) in [7, 11) is 1.63. The van der Waals surface area contributed by atoms with E-state index in [1.807, 2.05) is 6.07 Å². The molecular formula is C15H24N4O2. The van der Waals surface area contributed by atoms with Gasteiger partial charge in [-0.3, -0.25) is 4.90 Å². The molecule has 0 bridgehead atoms. The molecule has 1 aromatic heterocycles. The Hall–Kier alpha value is -1.40. The number of rotatable bonds is 4. The number of aromatic nitrogens is 2. The summed E-state index contributed by atoms with van der Waals surface area (Å²) < 4.78 is 11.0. The second kappa shape index (κ2) is 7.04. The molecule has 0 saturated carbocycles. The van der Waals surface area contributed by atoms with Crippen molar-refractivity contribution in [1.29, 1.82) is 0 Å². The fourth-order valence-electron chi connectivity index (χ4n) is 3.01. The summed E-state index contributed by atoms with van der Waals surface area (Å²) >= 11 is 0. The van der Waals surface area contributed by atoms with Crippen molar-refractivity contribution >= 4 is 5.82 Å². The molecule has 6 nitrogen and oxygen atoms in total. The molecule has 1 aromatic rings. The quantitative estimate of drug-likeness (QED) is 0.830.